The third-order valence-corrected chi connectivity index (χ3v) is 9.67. The van der Waals surface area contributed by atoms with E-state index in [4.69, 9.17) is 4.74 Å². The number of ether oxygens (including phenoxy) is 1. The lowest BCUT2D eigenvalue weighted by molar-refractivity contribution is -0.146. The van der Waals surface area contributed by atoms with Gasteiger partial charge in [0.2, 0.25) is 23.5 Å². The van der Waals surface area contributed by atoms with Crippen LogP contribution in [-0.2, 0) is 28.7 Å². The number of alkyl carbamates (subject to hydrolysis) is 1. The molecule has 2 aliphatic carbocycles. The number of Topliss-reactive ketones (excluding diaryl/α,β-unsaturated/α-hetero) is 1. The SMILES string of the molecule is CCC[C@H](NC(=O)[C@@H]1[C@@H](C(C)C)CCN1C(=O)[C@@H](NC(=O)[C@@H](NC(=O)OC(C)(C)C)C1CCCCC1)C(C)(C)C)C(=O)C(=O)NC1CC1. The smallest absolute Gasteiger partial charge is 0.408 e. The van der Waals surface area contributed by atoms with Crippen molar-refractivity contribution in [3.63, 3.8) is 0 Å². The van der Waals surface area contributed by atoms with Gasteiger partial charge in [-0.3, -0.25) is 24.0 Å². The van der Waals surface area contributed by atoms with Gasteiger partial charge in [0, 0.05) is 12.6 Å². The molecule has 0 spiro atoms. The lowest BCUT2D eigenvalue weighted by Crippen LogP contribution is -2.62. The summed E-state index contributed by atoms with van der Waals surface area (Å²) < 4.78 is 5.49. The van der Waals surface area contributed by atoms with E-state index in [0.717, 1.165) is 44.9 Å². The number of likely N-dealkylation sites (tertiary alicyclic amines) is 1. The van der Waals surface area contributed by atoms with E-state index in [1.165, 1.54) is 4.90 Å². The molecule has 0 aromatic heterocycles. The fraction of sp³-hybridized carbons (Fsp3) is 0.833. The fourth-order valence-corrected chi connectivity index (χ4v) is 6.90. The number of amides is 5. The lowest BCUT2D eigenvalue weighted by Gasteiger charge is -2.38. The minimum absolute atomic E-state index is 0.00860. The average molecular weight is 676 g/mol. The Kier molecular flexibility index (Phi) is 13.5. The molecule has 12 heteroatoms. The fourth-order valence-electron chi connectivity index (χ4n) is 6.90. The van der Waals surface area contributed by atoms with Crippen molar-refractivity contribution in [3.05, 3.63) is 0 Å². The van der Waals surface area contributed by atoms with E-state index in [1.807, 2.05) is 41.5 Å². The zero-order chi connectivity index (χ0) is 36.0. The molecule has 0 radical (unpaired) electrons. The van der Waals surface area contributed by atoms with Gasteiger partial charge in [-0.15, -0.1) is 0 Å². The van der Waals surface area contributed by atoms with Crippen molar-refractivity contribution in [1.29, 1.82) is 0 Å². The number of nitrogens with zero attached hydrogens (tertiary/aromatic N) is 1. The van der Waals surface area contributed by atoms with Crippen LogP contribution in [0.1, 0.15) is 127 Å². The van der Waals surface area contributed by atoms with E-state index in [2.05, 4.69) is 21.3 Å². The Labute approximate surface area is 287 Å². The van der Waals surface area contributed by atoms with Crippen LogP contribution in [0.2, 0.25) is 0 Å². The van der Waals surface area contributed by atoms with Crippen LogP contribution in [-0.4, -0.2) is 82.8 Å². The van der Waals surface area contributed by atoms with Gasteiger partial charge in [0.05, 0.1) is 6.04 Å². The number of carbonyl (C=O) groups is 6. The van der Waals surface area contributed by atoms with Gasteiger partial charge < -0.3 is 30.9 Å². The highest BCUT2D eigenvalue weighted by Crippen LogP contribution is 2.34. The molecule has 0 unspecified atom stereocenters. The Morgan fingerprint density at radius 1 is 0.833 bits per heavy atom. The molecule has 1 heterocycles. The third kappa shape index (κ3) is 10.9. The molecule has 12 nitrogen and oxygen atoms in total. The summed E-state index contributed by atoms with van der Waals surface area (Å²) >= 11 is 0. The van der Waals surface area contributed by atoms with Gasteiger partial charge in [0.1, 0.15) is 23.7 Å². The Morgan fingerprint density at radius 2 is 1.46 bits per heavy atom. The topological polar surface area (TPSA) is 163 Å². The van der Waals surface area contributed by atoms with Crippen molar-refractivity contribution in [3.8, 4) is 0 Å². The first-order chi connectivity index (χ1) is 22.3. The third-order valence-electron chi connectivity index (χ3n) is 9.67. The van der Waals surface area contributed by atoms with Crippen LogP contribution in [0.15, 0.2) is 0 Å². The van der Waals surface area contributed by atoms with E-state index in [1.54, 1.807) is 20.8 Å². The van der Waals surface area contributed by atoms with E-state index in [-0.39, 0.29) is 23.8 Å². The summed E-state index contributed by atoms with van der Waals surface area (Å²) in [7, 11) is 0. The van der Waals surface area contributed by atoms with Crippen LogP contribution < -0.4 is 21.3 Å². The molecule has 48 heavy (non-hydrogen) atoms. The maximum Gasteiger partial charge on any atom is 0.408 e. The maximum atomic E-state index is 14.5. The molecule has 3 aliphatic rings. The first-order valence-corrected chi connectivity index (χ1v) is 18.1. The molecule has 1 saturated heterocycles. The molecule has 3 rings (SSSR count). The minimum Gasteiger partial charge on any atom is -0.444 e. The number of hydrogen-bond acceptors (Lipinski definition) is 7. The van der Waals surface area contributed by atoms with Crippen molar-refractivity contribution in [2.45, 2.75) is 162 Å². The van der Waals surface area contributed by atoms with E-state index < -0.39 is 70.7 Å². The first kappa shape index (κ1) is 39.3. The van der Waals surface area contributed by atoms with Crippen molar-refractivity contribution >= 4 is 35.5 Å². The number of ketones is 1. The summed E-state index contributed by atoms with van der Waals surface area (Å²) in [6.07, 6.45) is 6.91. The van der Waals surface area contributed by atoms with Gasteiger partial charge in [-0.2, -0.15) is 0 Å². The Balaban J connectivity index is 1.86. The van der Waals surface area contributed by atoms with E-state index >= 15 is 0 Å². The molecular weight excluding hydrogens is 614 g/mol. The van der Waals surface area contributed by atoms with Crippen LogP contribution in [0.3, 0.4) is 0 Å². The molecule has 272 valence electrons. The van der Waals surface area contributed by atoms with Crippen LogP contribution in [0.5, 0.6) is 0 Å². The zero-order valence-electron chi connectivity index (χ0n) is 30.7. The Hall–Kier alpha value is -3.18. The van der Waals surface area contributed by atoms with Crippen molar-refractivity contribution in [2.24, 2.45) is 23.2 Å². The summed E-state index contributed by atoms with van der Waals surface area (Å²) in [5.41, 5.74) is -1.49. The second-order valence-corrected chi connectivity index (χ2v) is 16.5. The van der Waals surface area contributed by atoms with Gasteiger partial charge >= 0.3 is 6.09 Å². The molecule has 3 fully saturated rings. The lowest BCUT2D eigenvalue weighted by atomic mass is 9.82. The largest absolute Gasteiger partial charge is 0.444 e. The predicted octanol–water partition coefficient (Wildman–Crippen LogP) is 4.00. The zero-order valence-corrected chi connectivity index (χ0v) is 30.7. The molecule has 5 atom stereocenters. The number of rotatable bonds is 13. The molecule has 1 aliphatic heterocycles. The van der Waals surface area contributed by atoms with Gasteiger partial charge in [0.15, 0.2) is 0 Å². The molecule has 0 bridgehead atoms. The second kappa shape index (κ2) is 16.5. The Morgan fingerprint density at radius 3 is 1.98 bits per heavy atom. The second-order valence-electron chi connectivity index (χ2n) is 16.5. The molecule has 5 amide bonds. The maximum absolute atomic E-state index is 14.5. The van der Waals surface area contributed by atoms with Crippen molar-refractivity contribution in [2.75, 3.05) is 6.54 Å². The standard InChI is InChI=1S/C36H61N5O7/c1-10-14-25(28(42)32(45)37-23-17-18-23)38-31(44)27-24(21(2)3)19-20-41(27)33(46)29(35(4,5)6)40-30(43)26(22-15-12-11-13-16-22)39-34(47)48-36(7,8)9/h21-27,29H,10-20H2,1-9H3,(H,37,45)(H,38,44)(H,39,47)(H,40,43)/t24-,25+,26+,27+,29-/m1/s1. The highest BCUT2D eigenvalue weighted by atomic mass is 16.6. The summed E-state index contributed by atoms with van der Waals surface area (Å²) in [4.78, 5) is 82.7. The van der Waals surface area contributed by atoms with Crippen LogP contribution in [0, 0.1) is 23.2 Å². The predicted molar refractivity (Wildman–Crippen MR) is 183 cm³/mol. The summed E-state index contributed by atoms with van der Waals surface area (Å²) in [6, 6.07) is -3.77. The highest BCUT2D eigenvalue weighted by molar-refractivity contribution is 6.38. The van der Waals surface area contributed by atoms with Crippen LogP contribution >= 0.6 is 0 Å². The van der Waals surface area contributed by atoms with Gasteiger partial charge in [0.25, 0.3) is 5.91 Å². The monoisotopic (exact) mass is 675 g/mol. The van der Waals surface area contributed by atoms with Crippen molar-refractivity contribution in [1.82, 2.24) is 26.2 Å². The summed E-state index contributed by atoms with van der Waals surface area (Å²) in [6.45, 7) is 17.0. The first-order valence-electron chi connectivity index (χ1n) is 18.1. The van der Waals surface area contributed by atoms with E-state index in [9.17, 15) is 28.8 Å². The summed E-state index contributed by atoms with van der Waals surface area (Å²) in [5, 5.41) is 11.3. The molecule has 2 saturated carbocycles. The number of carbonyl (C=O) groups excluding carboxylic acids is 6. The molecule has 0 aromatic rings. The molecular formula is C36H61N5O7. The number of nitrogens with one attached hydrogen (secondary N) is 4. The van der Waals surface area contributed by atoms with Crippen LogP contribution in [0.4, 0.5) is 4.79 Å². The minimum atomic E-state index is -1.00. The quantitative estimate of drug-likeness (QED) is 0.215. The van der Waals surface area contributed by atoms with Crippen LogP contribution in [0.25, 0.3) is 0 Å². The van der Waals surface area contributed by atoms with Gasteiger partial charge in [-0.1, -0.05) is 67.2 Å². The summed E-state index contributed by atoms with van der Waals surface area (Å²) in [5.74, 6) is -2.96. The molecule has 4 N–H and O–H groups in total. The van der Waals surface area contributed by atoms with Gasteiger partial charge in [-0.05, 0) is 82.5 Å². The normalized spacial score (nSPS) is 22.3. The molecule has 0 aromatic carbocycles. The Bertz CT molecular complexity index is 1180. The average Bonchev–Trinajstić information content (AvgIpc) is 3.68. The van der Waals surface area contributed by atoms with E-state index in [0.29, 0.717) is 25.8 Å². The highest BCUT2D eigenvalue weighted by Gasteiger charge is 2.48. The van der Waals surface area contributed by atoms with Gasteiger partial charge in [-0.25, -0.2) is 4.79 Å². The van der Waals surface area contributed by atoms with Crippen molar-refractivity contribution < 1.29 is 33.5 Å². The number of hydrogen-bond donors (Lipinski definition) is 4.